The highest BCUT2D eigenvalue weighted by molar-refractivity contribution is 9.10. The zero-order valence-electron chi connectivity index (χ0n) is 11.6. The molecule has 1 amide bonds. The van der Waals surface area contributed by atoms with Gasteiger partial charge in [0.05, 0.1) is 12.2 Å². The summed E-state index contributed by atoms with van der Waals surface area (Å²) in [7, 11) is 1.80. The van der Waals surface area contributed by atoms with Crippen molar-refractivity contribution < 1.29 is 14.7 Å². The van der Waals surface area contributed by atoms with Gasteiger partial charge in [-0.1, -0.05) is 6.07 Å². The number of rotatable bonds is 7. The fourth-order valence-electron chi connectivity index (χ4n) is 1.74. The first kappa shape index (κ1) is 16.7. The molecule has 0 radical (unpaired) electrons. The maximum Gasteiger partial charge on any atom is 0.303 e. The number of carboxylic acid groups (broad SMARTS) is 1. The molecule has 0 unspecified atom stereocenters. The second kappa shape index (κ2) is 8.01. The van der Waals surface area contributed by atoms with Gasteiger partial charge in [-0.2, -0.15) is 0 Å². The Morgan fingerprint density at radius 2 is 2.10 bits per heavy atom. The van der Waals surface area contributed by atoms with E-state index in [9.17, 15) is 9.59 Å². The van der Waals surface area contributed by atoms with Gasteiger partial charge < -0.3 is 10.4 Å². The van der Waals surface area contributed by atoms with Crippen molar-refractivity contribution in [1.82, 2.24) is 4.90 Å². The number of hydrogen-bond donors (Lipinski definition) is 2. The van der Waals surface area contributed by atoms with Crippen molar-refractivity contribution >= 4 is 33.5 Å². The van der Waals surface area contributed by atoms with Crippen LogP contribution in [0.15, 0.2) is 22.7 Å². The minimum atomic E-state index is -0.813. The highest BCUT2D eigenvalue weighted by Crippen LogP contribution is 2.23. The summed E-state index contributed by atoms with van der Waals surface area (Å²) in [5.74, 6) is -0.932. The number of aliphatic carboxylic acids is 1. The number of carbonyl (C=O) groups is 2. The molecule has 0 saturated heterocycles. The highest BCUT2D eigenvalue weighted by Gasteiger charge is 2.09. The van der Waals surface area contributed by atoms with E-state index in [0.29, 0.717) is 13.0 Å². The summed E-state index contributed by atoms with van der Waals surface area (Å²) in [5, 5.41) is 11.4. The van der Waals surface area contributed by atoms with Crippen molar-refractivity contribution in [3.63, 3.8) is 0 Å². The fourth-order valence-corrected chi connectivity index (χ4v) is 2.33. The van der Waals surface area contributed by atoms with Crippen LogP contribution in [0.2, 0.25) is 0 Å². The standard InChI is InChI=1S/C14H19BrN2O3/c1-10-5-6-12(11(15)8-10)16-13(18)9-17(2)7-3-4-14(19)20/h5-6,8H,3-4,7,9H2,1-2H3,(H,16,18)(H,19,20). The Morgan fingerprint density at radius 3 is 2.70 bits per heavy atom. The molecule has 0 aromatic heterocycles. The first-order valence-corrected chi connectivity index (χ1v) is 7.14. The Kier molecular flexibility index (Phi) is 6.67. The van der Waals surface area contributed by atoms with E-state index in [-0.39, 0.29) is 18.9 Å². The summed E-state index contributed by atoms with van der Waals surface area (Å²) in [6, 6.07) is 5.71. The van der Waals surface area contributed by atoms with Gasteiger partial charge in [0.15, 0.2) is 0 Å². The van der Waals surface area contributed by atoms with Gasteiger partial charge in [0.2, 0.25) is 5.91 Å². The summed E-state index contributed by atoms with van der Waals surface area (Å²) in [4.78, 5) is 24.1. The van der Waals surface area contributed by atoms with Crippen LogP contribution < -0.4 is 5.32 Å². The number of anilines is 1. The predicted molar refractivity (Wildman–Crippen MR) is 81.9 cm³/mol. The van der Waals surface area contributed by atoms with E-state index >= 15 is 0 Å². The molecule has 110 valence electrons. The highest BCUT2D eigenvalue weighted by atomic mass is 79.9. The number of carbonyl (C=O) groups excluding carboxylic acids is 1. The molecule has 0 aliphatic rings. The third kappa shape index (κ3) is 6.16. The first-order valence-electron chi connectivity index (χ1n) is 6.35. The van der Waals surface area contributed by atoms with Crippen LogP contribution in [0.3, 0.4) is 0 Å². The van der Waals surface area contributed by atoms with Crippen LogP contribution in [0, 0.1) is 6.92 Å². The van der Waals surface area contributed by atoms with Crippen molar-refractivity contribution in [2.45, 2.75) is 19.8 Å². The van der Waals surface area contributed by atoms with E-state index in [0.717, 1.165) is 15.7 Å². The van der Waals surface area contributed by atoms with E-state index in [1.165, 1.54) is 0 Å². The fraction of sp³-hybridized carbons (Fsp3) is 0.429. The molecule has 0 atom stereocenters. The summed E-state index contributed by atoms with van der Waals surface area (Å²) in [6.07, 6.45) is 0.656. The average Bonchev–Trinajstić information content (AvgIpc) is 2.32. The Hall–Kier alpha value is -1.40. The lowest BCUT2D eigenvalue weighted by atomic mass is 10.2. The van der Waals surface area contributed by atoms with Gasteiger partial charge in [0.1, 0.15) is 0 Å². The summed E-state index contributed by atoms with van der Waals surface area (Å²) >= 11 is 3.41. The lowest BCUT2D eigenvalue weighted by Crippen LogP contribution is -2.31. The summed E-state index contributed by atoms with van der Waals surface area (Å²) < 4.78 is 0.847. The molecule has 1 rings (SSSR count). The van der Waals surface area contributed by atoms with Crippen LogP contribution in [0.1, 0.15) is 18.4 Å². The molecule has 0 heterocycles. The maximum absolute atomic E-state index is 11.9. The van der Waals surface area contributed by atoms with Crippen molar-refractivity contribution in [3.8, 4) is 0 Å². The number of benzene rings is 1. The van der Waals surface area contributed by atoms with Crippen LogP contribution in [-0.2, 0) is 9.59 Å². The number of nitrogens with one attached hydrogen (secondary N) is 1. The number of nitrogens with zero attached hydrogens (tertiary/aromatic N) is 1. The van der Waals surface area contributed by atoms with Gasteiger partial charge in [0.25, 0.3) is 0 Å². The van der Waals surface area contributed by atoms with Crippen molar-refractivity contribution in [3.05, 3.63) is 28.2 Å². The van der Waals surface area contributed by atoms with Crippen molar-refractivity contribution in [2.24, 2.45) is 0 Å². The number of hydrogen-bond acceptors (Lipinski definition) is 3. The van der Waals surface area contributed by atoms with E-state index in [4.69, 9.17) is 5.11 Å². The van der Waals surface area contributed by atoms with Gasteiger partial charge in [0, 0.05) is 10.9 Å². The summed E-state index contributed by atoms with van der Waals surface area (Å²) in [5.41, 5.74) is 1.85. The Balaban J connectivity index is 2.41. The number of carboxylic acids is 1. The van der Waals surface area contributed by atoms with E-state index < -0.39 is 5.97 Å². The molecule has 0 fully saturated rings. The minimum Gasteiger partial charge on any atom is -0.481 e. The van der Waals surface area contributed by atoms with E-state index in [2.05, 4.69) is 21.2 Å². The molecule has 0 spiro atoms. The lowest BCUT2D eigenvalue weighted by molar-refractivity contribution is -0.137. The van der Waals surface area contributed by atoms with Gasteiger partial charge in [-0.05, 0) is 60.6 Å². The third-order valence-electron chi connectivity index (χ3n) is 2.74. The molecular formula is C14H19BrN2O3. The molecule has 1 aromatic rings. The van der Waals surface area contributed by atoms with Gasteiger partial charge in [-0.15, -0.1) is 0 Å². The molecule has 0 bridgehead atoms. The SMILES string of the molecule is Cc1ccc(NC(=O)CN(C)CCCC(=O)O)c(Br)c1. The smallest absolute Gasteiger partial charge is 0.303 e. The zero-order valence-corrected chi connectivity index (χ0v) is 13.2. The third-order valence-corrected chi connectivity index (χ3v) is 3.40. The molecular weight excluding hydrogens is 324 g/mol. The Morgan fingerprint density at radius 1 is 1.40 bits per heavy atom. The lowest BCUT2D eigenvalue weighted by Gasteiger charge is -2.16. The largest absolute Gasteiger partial charge is 0.481 e. The van der Waals surface area contributed by atoms with Crippen LogP contribution in [-0.4, -0.2) is 42.0 Å². The normalized spacial score (nSPS) is 10.6. The minimum absolute atomic E-state index is 0.118. The van der Waals surface area contributed by atoms with Gasteiger partial charge in [-0.25, -0.2) is 0 Å². The van der Waals surface area contributed by atoms with E-state index in [1.54, 1.807) is 11.9 Å². The van der Waals surface area contributed by atoms with Crippen LogP contribution in [0.5, 0.6) is 0 Å². The molecule has 6 heteroatoms. The molecule has 5 nitrogen and oxygen atoms in total. The number of amides is 1. The Labute approximate surface area is 127 Å². The first-order chi connectivity index (χ1) is 9.38. The van der Waals surface area contributed by atoms with Crippen LogP contribution in [0.4, 0.5) is 5.69 Å². The Bertz CT molecular complexity index is 491. The van der Waals surface area contributed by atoms with Crippen molar-refractivity contribution in [2.75, 3.05) is 25.5 Å². The molecule has 2 N–H and O–H groups in total. The predicted octanol–water partition coefficient (Wildman–Crippen LogP) is 2.49. The summed E-state index contributed by atoms with van der Waals surface area (Å²) in [6.45, 7) is 2.79. The van der Waals surface area contributed by atoms with Crippen molar-refractivity contribution in [1.29, 1.82) is 0 Å². The van der Waals surface area contributed by atoms with Gasteiger partial charge in [-0.3, -0.25) is 14.5 Å². The second-order valence-electron chi connectivity index (χ2n) is 4.77. The molecule has 0 aliphatic heterocycles. The topological polar surface area (TPSA) is 69.6 Å². The quantitative estimate of drug-likeness (QED) is 0.798. The number of halogens is 1. The average molecular weight is 343 g/mol. The second-order valence-corrected chi connectivity index (χ2v) is 5.62. The molecule has 1 aromatic carbocycles. The molecule has 0 saturated carbocycles. The maximum atomic E-state index is 11.9. The monoisotopic (exact) mass is 342 g/mol. The van der Waals surface area contributed by atoms with Crippen LogP contribution in [0.25, 0.3) is 0 Å². The van der Waals surface area contributed by atoms with Crippen LogP contribution >= 0.6 is 15.9 Å². The van der Waals surface area contributed by atoms with Gasteiger partial charge >= 0.3 is 5.97 Å². The zero-order chi connectivity index (χ0) is 15.1. The number of likely N-dealkylation sites (N-methyl/N-ethyl adjacent to an activating group) is 1. The molecule has 0 aliphatic carbocycles. The number of aryl methyl sites for hydroxylation is 1. The van der Waals surface area contributed by atoms with E-state index in [1.807, 2.05) is 25.1 Å². The molecule has 20 heavy (non-hydrogen) atoms.